The van der Waals surface area contributed by atoms with E-state index >= 15 is 0 Å². The largest absolute Gasteiger partial charge is 0.327 e. The highest BCUT2D eigenvalue weighted by atomic mass is 28.3. The van der Waals surface area contributed by atoms with E-state index in [1.807, 2.05) is 6.08 Å². The summed E-state index contributed by atoms with van der Waals surface area (Å²) in [5.74, 6) is 0. The first-order chi connectivity index (χ1) is 5.16. The van der Waals surface area contributed by atoms with Gasteiger partial charge in [-0.15, -0.1) is 6.58 Å². The lowest BCUT2D eigenvalue weighted by atomic mass is 10.6. The molecule has 0 spiro atoms. The summed E-state index contributed by atoms with van der Waals surface area (Å²) in [4.78, 5) is 0. The van der Waals surface area contributed by atoms with Crippen molar-refractivity contribution in [1.82, 2.24) is 0 Å². The predicted molar refractivity (Wildman–Crippen MR) is 55.4 cm³/mol. The van der Waals surface area contributed by atoms with Crippen LogP contribution in [-0.4, -0.2) is 13.7 Å². The summed E-state index contributed by atoms with van der Waals surface area (Å²) in [7, 11) is -1.16. The van der Waals surface area contributed by atoms with Crippen LogP contribution in [0.5, 0.6) is 0 Å². The summed E-state index contributed by atoms with van der Waals surface area (Å²) in [6.07, 6.45) is 1.93. The molecule has 0 saturated heterocycles. The molecule has 0 radical (unpaired) electrons. The van der Waals surface area contributed by atoms with Crippen LogP contribution >= 0.6 is 0 Å². The third-order valence-electron chi connectivity index (χ3n) is 3.07. The predicted octanol–water partition coefficient (Wildman–Crippen LogP) is 2.55. The molecule has 0 aliphatic heterocycles. The zero-order valence-corrected chi connectivity index (χ0v) is 9.06. The van der Waals surface area contributed by atoms with Gasteiger partial charge in [-0.25, -0.2) is 0 Å². The van der Waals surface area contributed by atoms with Gasteiger partial charge in [0.1, 0.15) is 0 Å². The first-order valence-corrected chi connectivity index (χ1v) is 7.24. The van der Waals surface area contributed by atoms with Crippen LogP contribution in [0.4, 0.5) is 0 Å². The van der Waals surface area contributed by atoms with Crippen LogP contribution in [-0.2, 0) is 0 Å². The molecule has 0 rings (SSSR count). The molecule has 0 aromatic carbocycles. The number of hydrogen-bond donors (Lipinski definition) is 1. The van der Waals surface area contributed by atoms with Gasteiger partial charge in [0.15, 0.2) is 0 Å². The Morgan fingerprint density at radius 1 is 1.27 bits per heavy atom. The van der Waals surface area contributed by atoms with Crippen molar-refractivity contribution in [2.45, 2.75) is 44.6 Å². The van der Waals surface area contributed by atoms with Crippen LogP contribution in [0.3, 0.4) is 0 Å². The van der Waals surface area contributed by atoms with Gasteiger partial charge in [-0.3, -0.25) is 0 Å². The minimum Gasteiger partial charge on any atom is -0.327 e. The average molecular weight is 171 g/mol. The van der Waals surface area contributed by atoms with Crippen molar-refractivity contribution in [2.24, 2.45) is 5.73 Å². The van der Waals surface area contributed by atoms with E-state index in [4.69, 9.17) is 5.73 Å². The van der Waals surface area contributed by atoms with Gasteiger partial charge in [-0.05, 0) is 0 Å². The van der Waals surface area contributed by atoms with E-state index in [0.29, 0.717) is 5.67 Å². The van der Waals surface area contributed by atoms with Crippen LogP contribution in [0.1, 0.15) is 20.8 Å². The maximum Gasteiger partial charge on any atom is 0.0763 e. The van der Waals surface area contributed by atoms with Crippen LogP contribution in [0, 0.1) is 0 Å². The summed E-state index contributed by atoms with van der Waals surface area (Å²) < 4.78 is 0. The van der Waals surface area contributed by atoms with Crippen molar-refractivity contribution in [1.29, 1.82) is 0 Å². The van der Waals surface area contributed by atoms with Crippen molar-refractivity contribution in [3.05, 3.63) is 12.7 Å². The van der Waals surface area contributed by atoms with Crippen LogP contribution in [0.15, 0.2) is 12.7 Å². The topological polar surface area (TPSA) is 26.0 Å². The lowest BCUT2D eigenvalue weighted by molar-refractivity contribution is 0.989. The minimum atomic E-state index is -1.16. The Hall–Kier alpha value is -0.0831. The SMILES string of the molecule is C=C[C@H](N)[Si](CC)(CC)CC. The fourth-order valence-corrected chi connectivity index (χ4v) is 5.12. The second kappa shape index (κ2) is 4.73. The molecule has 0 aliphatic carbocycles. The fraction of sp³-hybridized carbons (Fsp3) is 0.778. The monoisotopic (exact) mass is 171 g/mol. The fourth-order valence-electron chi connectivity index (χ4n) is 1.71. The molecule has 0 amide bonds. The Balaban J connectivity index is 4.38. The second-order valence-corrected chi connectivity index (χ2v) is 8.70. The van der Waals surface area contributed by atoms with Gasteiger partial charge in [0.2, 0.25) is 0 Å². The Labute approximate surface area is 71.7 Å². The second-order valence-electron chi connectivity index (χ2n) is 3.18. The molecule has 0 bridgehead atoms. The van der Waals surface area contributed by atoms with Gasteiger partial charge in [0.05, 0.1) is 8.07 Å². The van der Waals surface area contributed by atoms with Crippen molar-refractivity contribution in [2.75, 3.05) is 0 Å². The van der Waals surface area contributed by atoms with Gasteiger partial charge >= 0.3 is 0 Å². The molecule has 11 heavy (non-hydrogen) atoms. The maximum atomic E-state index is 6.03. The Morgan fingerprint density at radius 3 is 1.73 bits per heavy atom. The molecule has 0 aliphatic rings. The molecular weight excluding hydrogens is 150 g/mol. The summed E-state index contributed by atoms with van der Waals surface area (Å²) >= 11 is 0. The van der Waals surface area contributed by atoms with E-state index in [0.717, 1.165) is 0 Å². The number of nitrogens with two attached hydrogens (primary N) is 1. The summed E-state index contributed by atoms with van der Waals surface area (Å²) in [6.45, 7) is 10.6. The smallest absolute Gasteiger partial charge is 0.0763 e. The Morgan fingerprint density at radius 2 is 1.64 bits per heavy atom. The van der Waals surface area contributed by atoms with Crippen molar-refractivity contribution < 1.29 is 0 Å². The van der Waals surface area contributed by atoms with E-state index in [1.165, 1.54) is 18.1 Å². The normalized spacial score (nSPS) is 14.5. The minimum absolute atomic E-state index is 0.294. The quantitative estimate of drug-likeness (QED) is 0.499. The lowest BCUT2D eigenvalue weighted by Crippen LogP contribution is -2.49. The third kappa shape index (κ3) is 2.17. The molecule has 0 aromatic rings. The van der Waals surface area contributed by atoms with Crippen LogP contribution in [0.25, 0.3) is 0 Å². The number of rotatable bonds is 5. The first kappa shape index (κ1) is 10.9. The highest BCUT2D eigenvalue weighted by Crippen LogP contribution is 2.23. The molecule has 1 nitrogen and oxygen atoms in total. The van der Waals surface area contributed by atoms with Gasteiger partial charge in [0, 0.05) is 5.67 Å². The van der Waals surface area contributed by atoms with Gasteiger partial charge in [0.25, 0.3) is 0 Å². The van der Waals surface area contributed by atoms with Crippen molar-refractivity contribution in [3.63, 3.8) is 0 Å². The molecule has 66 valence electrons. The molecule has 1 atom stereocenters. The molecule has 0 unspecified atom stereocenters. The van der Waals surface area contributed by atoms with Crippen LogP contribution in [0.2, 0.25) is 18.1 Å². The molecule has 0 fully saturated rings. The Kier molecular flexibility index (Phi) is 4.69. The maximum absolute atomic E-state index is 6.03. The molecule has 0 heterocycles. The Bertz CT molecular complexity index is 110. The van der Waals surface area contributed by atoms with E-state index in [-0.39, 0.29) is 0 Å². The number of hydrogen-bond acceptors (Lipinski definition) is 1. The van der Waals surface area contributed by atoms with Gasteiger partial charge in [-0.1, -0.05) is 45.0 Å². The molecule has 2 heteroatoms. The molecule has 2 N–H and O–H groups in total. The summed E-state index contributed by atoms with van der Waals surface area (Å²) in [5, 5.41) is 0. The van der Waals surface area contributed by atoms with E-state index in [1.54, 1.807) is 0 Å². The van der Waals surface area contributed by atoms with E-state index in [9.17, 15) is 0 Å². The van der Waals surface area contributed by atoms with Crippen molar-refractivity contribution in [3.8, 4) is 0 Å². The van der Waals surface area contributed by atoms with E-state index < -0.39 is 8.07 Å². The summed E-state index contributed by atoms with van der Waals surface area (Å²) in [6, 6.07) is 3.85. The zero-order valence-electron chi connectivity index (χ0n) is 8.06. The summed E-state index contributed by atoms with van der Waals surface area (Å²) in [5.41, 5.74) is 6.32. The van der Waals surface area contributed by atoms with Gasteiger partial charge < -0.3 is 5.73 Å². The molecule has 0 saturated carbocycles. The zero-order chi connectivity index (χ0) is 8.91. The van der Waals surface area contributed by atoms with Gasteiger partial charge in [-0.2, -0.15) is 0 Å². The highest BCUT2D eigenvalue weighted by Gasteiger charge is 2.31. The van der Waals surface area contributed by atoms with Crippen LogP contribution < -0.4 is 5.73 Å². The molecular formula is C9H21NSi. The first-order valence-electron chi connectivity index (χ1n) is 4.55. The average Bonchev–Trinajstić information content (AvgIpc) is 2.08. The van der Waals surface area contributed by atoms with E-state index in [2.05, 4.69) is 27.4 Å². The van der Waals surface area contributed by atoms with Crippen molar-refractivity contribution >= 4 is 8.07 Å². The highest BCUT2D eigenvalue weighted by molar-refractivity contribution is 6.81. The lowest BCUT2D eigenvalue weighted by Gasteiger charge is -2.32. The standard InChI is InChI=1S/C9H21NSi/c1-5-9(10)11(6-2,7-3)8-4/h5,9H,1,6-8,10H2,2-4H3/t9-/m1/s1. The molecule has 0 aromatic heterocycles. The third-order valence-corrected chi connectivity index (χ3v) is 8.95.